The van der Waals surface area contributed by atoms with E-state index in [4.69, 9.17) is 4.74 Å². The van der Waals surface area contributed by atoms with Crippen molar-refractivity contribution in [3.63, 3.8) is 0 Å². The summed E-state index contributed by atoms with van der Waals surface area (Å²) >= 11 is 0. The zero-order valence-corrected chi connectivity index (χ0v) is 14.5. The van der Waals surface area contributed by atoms with Crippen molar-refractivity contribution < 1.29 is 13.2 Å². The third-order valence-electron chi connectivity index (χ3n) is 3.85. The van der Waals surface area contributed by atoms with Crippen LogP contribution < -0.4 is 9.62 Å². The van der Waals surface area contributed by atoms with Crippen molar-refractivity contribution >= 4 is 21.4 Å². The minimum absolute atomic E-state index is 0.143. The van der Waals surface area contributed by atoms with E-state index in [-0.39, 0.29) is 17.1 Å². The number of nitrogens with zero attached hydrogens (tertiary/aromatic N) is 2. The van der Waals surface area contributed by atoms with Crippen LogP contribution in [0.25, 0.3) is 0 Å². The second-order valence-electron chi connectivity index (χ2n) is 6.00. The van der Waals surface area contributed by atoms with Crippen LogP contribution in [0.1, 0.15) is 13.8 Å². The zero-order valence-electron chi connectivity index (χ0n) is 13.7. The highest BCUT2D eigenvalue weighted by molar-refractivity contribution is 7.92. The molecule has 2 heterocycles. The van der Waals surface area contributed by atoms with E-state index in [9.17, 15) is 8.42 Å². The molecule has 2 aromatic rings. The van der Waals surface area contributed by atoms with Crippen LogP contribution in [-0.2, 0) is 14.8 Å². The van der Waals surface area contributed by atoms with Gasteiger partial charge in [0.05, 0.1) is 12.2 Å². The number of ether oxygens (including phenoxy) is 1. The fourth-order valence-corrected chi connectivity index (χ4v) is 3.87. The zero-order chi connectivity index (χ0) is 17.2. The van der Waals surface area contributed by atoms with Crippen molar-refractivity contribution in [2.75, 3.05) is 22.7 Å². The number of sulfonamides is 1. The molecule has 6 nitrogen and oxygen atoms in total. The number of rotatable bonds is 4. The van der Waals surface area contributed by atoms with Gasteiger partial charge in [-0.3, -0.25) is 9.71 Å². The standard InChI is InChI=1S/C17H21N3O3S/c1-13-11-20(12-14(2)23-13)16-7-5-15(6-8-16)19-24(21,22)17-4-3-9-18-10-17/h3-10,13-14,19H,11-12H2,1-2H3/t13-,14-/m1/s1. The number of aromatic nitrogens is 1. The maximum absolute atomic E-state index is 12.3. The summed E-state index contributed by atoms with van der Waals surface area (Å²) in [4.78, 5) is 6.24. The molecule has 0 unspecified atom stereocenters. The Labute approximate surface area is 142 Å². The van der Waals surface area contributed by atoms with Crippen molar-refractivity contribution in [3.05, 3.63) is 48.8 Å². The molecule has 128 valence electrons. The molecule has 0 aliphatic carbocycles. The molecule has 0 bridgehead atoms. The largest absolute Gasteiger partial charge is 0.372 e. The van der Waals surface area contributed by atoms with Crippen LogP contribution in [0.5, 0.6) is 0 Å². The van der Waals surface area contributed by atoms with E-state index in [0.29, 0.717) is 5.69 Å². The molecule has 0 saturated carbocycles. The molecule has 1 N–H and O–H groups in total. The lowest BCUT2D eigenvalue weighted by Crippen LogP contribution is -2.45. The van der Waals surface area contributed by atoms with E-state index in [1.807, 2.05) is 12.1 Å². The fourth-order valence-electron chi connectivity index (χ4n) is 2.85. The third kappa shape index (κ3) is 3.85. The summed E-state index contributed by atoms with van der Waals surface area (Å²) in [7, 11) is -3.61. The number of benzene rings is 1. The first-order valence-electron chi connectivity index (χ1n) is 7.87. The minimum Gasteiger partial charge on any atom is -0.372 e. The average molecular weight is 347 g/mol. The predicted molar refractivity (Wildman–Crippen MR) is 93.7 cm³/mol. The van der Waals surface area contributed by atoms with E-state index in [1.54, 1.807) is 18.2 Å². The minimum atomic E-state index is -3.61. The van der Waals surface area contributed by atoms with Gasteiger partial charge in [-0.05, 0) is 50.2 Å². The number of nitrogens with one attached hydrogen (secondary N) is 1. The summed E-state index contributed by atoms with van der Waals surface area (Å²) in [6, 6.07) is 10.5. The van der Waals surface area contributed by atoms with Gasteiger partial charge in [0.1, 0.15) is 4.90 Å². The topological polar surface area (TPSA) is 71.5 Å². The molecule has 1 fully saturated rings. The normalized spacial score (nSPS) is 21.5. The van der Waals surface area contributed by atoms with Gasteiger partial charge in [-0.25, -0.2) is 8.42 Å². The lowest BCUT2D eigenvalue weighted by molar-refractivity contribution is -0.00521. The Kier molecular flexibility index (Phi) is 4.73. The summed E-state index contributed by atoms with van der Waals surface area (Å²) in [6.45, 7) is 5.76. The quantitative estimate of drug-likeness (QED) is 0.920. The highest BCUT2D eigenvalue weighted by Gasteiger charge is 2.22. The first-order chi connectivity index (χ1) is 11.4. The Balaban J connectivity index is 1.73. The number of anilines is 2. The van der Waals surface area contributed by atoms with E-state index >= 15 is 0 Å². The van der Waals surface area contributed by atoms with Crippen LogP contribution in [0.2, 0.25) is 0 Å². The number of hydrogen-bond acceptors (Lipinski definition) is 5. The Bertz CT molecular complexity index is 768. The van der Waals surface area contributed by atoms with Gasteiger partial charge in [0.2, 0.25) is 0 Å². The lowest BCUT2D eigenvalue weighted by atomic mass is 10.2. The van der Waals surface area contributed by atoms with E-state index in [2.05, 4.69) is 28.5 Å². The Morgan fingerprint density at radius 3 is 2.38 bits per heavy atom. The summed E-state index contributed by atoms with van der Waals surface area (Å²) in [5.74, 6) is 0. The molecule has 3 rings (SSSR count). The van der Waals surface area contributed by atoms with Gasteiger partial charge in [0, 0.05) is 36.9 Å². The van der Waals surface area contributed by atoms with E-state index in [1.165, 1.54) is 18.5 Å². The van der Waals surface area contributed by atoms with E-state index in [0.717, 1.165) is 18.8 Å². The molecule has 7 heteroatoms. The Hall–Kier alpha value is -2.12. The maximum atomic E-state index is 12.3. The average Bonchev–Trinajstić information content (AvgIpc) is 2.55. The van der Waals surface area contributed by atoms with Crippen molar-refractivity contribution in [1.82, 2.24) is 4.98 Å². The summed E-state index contributed by atoms with van der Waals surface area (Å²) < 4.78 is 32.9. The predicted octanol–water partition coefficient (Wildman–Crippen LogP) is 2.50. The number of hydrogen-bond donors (Lipinski definition) is 1. The smallest absolute Gasteiger partial charge is 0.263 e. The fraction of sp³-hybridized carbons (Fsp3) is 0.353. The van der Waals surface area contributed by atoms with Crippen molar-refractivity contribution in [2.24, 2.45) is 0 Å². The molecule has 2 atom stereocenters. The van der Waals surface area contributed by atoms with Crippen molar-refractivity contribution in [3.8, 4) is 0 Å². The van der Waals surface area contributed by atoms with Gasteiger partial charge in [-0.2, -0.15) is 0 Å². The van der Waals surface area contributed by atoms with Crippen LogP contribution in [0.4, 0.5) is 11.4 Å². The molecule has 1 aliphatic rings. The highest BCUT2D eigenvalue weighted by Crippen LogP contribution is 2.23. The summed E-state index contributed by atoms with van der Waals surface area (Å²) in [5.41, 5.74) is 1.58. The SMILES string of the molecule is C[C@@H]1CN(c2ccc(NS(=O)(=O)c3cccnc3)cc2)C[C@@H](C)O1. The van der Waals surface area contributed by atoms with Crippen LogP contribution >= 0.6 is 0 Å². The van der Waals surface area contributed by atoms with Crippen LogP contribution in [0, 0.1) is 0 Å². The van der Waals surface area contributed by atoms with Gasteiger partial charge in [0.15, 0.2) is 0 Å². The molecule has 1 aliphatic heterocycles. The number of morpholine rings is 1. The Morgan fingerprint density at radius 2 is 1.79 bits per heavy atom. The molecule has 1 saturated heterocycles. The molecule has 1 aromatic heterocycles. The summed E-state index contributed by atoms with van der Waals surface area (Å²) in [6.07, 6.45) is 3.22. The summed E-state index contributed by atoms with van der Waals surface area (Å²) in [5, 5.41) is 0. The molecular weight excluding hydrogens is 326 g/mol. The number of pyridine rings is 1. The first-order valence-corrected chi connectivity index (χ1v) is 9.36. The molecular formula is C17H21N3O3S. The second-order valence-corrected chi connectivity index (χ2v) is 7.69. The van der Waals surface area contributed by atoms with Crippen LogP contribution in [-0.4, -0.2) is 38.7 Å². The lowest BCUT2D eigenvalue weighted by Gasteiger charge is -2.36. The molecule has 0 amide bonds. The van der Waals surface area contributed by atoms with Gasteiger partial charge < -0.3 is 9.64 Å². The van der Waals surface area contributed by atoms with Gasteiger partial charge in [-0.1, -0.05) is 0 Å². The highest BCUT2D eigenvalue weighted by atomic mass is 32.2. The second kappa shape index (κ2) is 6.78. The van der Waals surface area contributed by atoms with Gasteiger partial charge >= 0.3 is 0 Å². The van der Waals surface area contributed by atoms with Gasteiger partial charge in [0.25, 0.3) is 10.0 Å². The molecule has 0 radical (unpaired) electrons. The molecule has 24 heavy (non-hydrogen) atoms. The first kappa shape index (κ1) is 16.7. The van der Waals surface area contributed by atoms with Crippen molar-refractivity contribution in [2.45, 2.75) is 31.0 Å². The van der Waals surface area contributed by atoms with Crippen LogP contribution in [0.3, 0.4) is 0 Å². The maximum Gasteiger partial charge on any atom is 0.263 e. The molecule has 1 aromatic carbocycles. The van der Waals surface area contributed by atoms with Crippen LogP contribution in [0.15, 0.2) is 53.7 Å². The molecule has 0 spiro atoms. The van der Waals surface area contributed by atoms with Gasteiger partial charge in [-0.15, -0.1) is 0 Å². The van der Waals surface area contributed by atoms with Crippen molar-refractivity contribution in [1.29, 1.82) is 0 Å². The Morgan fingerprint density at radius 1 is 1.12 bits per heavy atom. The third-order valence-corrected chi connectivity index (χ3v) is 5.22. The van der Waals surface area contributed by atoms with E-state index < -0.39 is 10.0 Å². The monoisotopic (exact) mass is 347 g/mol.